The van der Waals surface area contributed by atoms with E-state index in [9.17, 15) is 9.59 Å². The van der Waals surface area contributed by atoms with Gasteiger partial charge in [-0.3, -0.25) is 9.52 Å². The van der Waals surface area contributed by atoms with Gasteiger partial charge in [-0.1, -0.05) is 56.3 Å². The number of hydrogen-bond acceptors (Lipinski definition) is 5. The third-order valence-corrected chi connectivity index (χ3v) is 6.31. The molecule has 2 aromatic carbocycles. The highest BCUT2D eigenvalue weighted by atomic mass is 32.2. The normalized spacial score (nSPS) is 15.2. The summed E-state index contributed by atoms with van der Waals surface area (Å²) in [5, 5.41) is -0.249. The van der Waals surface area contributed by atoms with Crippen LogP contribution in [0.4, 0.5) is 4.79 Å². The molecule has 0 aromatic heterocycles. The van der Waals surface area contributed by atoms with Crippen LogP contribution in [-0.2, 0) is 22.6 Å². The van der Waals surface area contributed by atoms with E-state index in [1.165, 1.54) is 0 Å². The van der Waals surface area contributed by atoms with Crippen LogP contribution in [-0.4, -0.2) is 22.7 Å². The summed E-state index contributed by atoms with van der Waals surface area (Å²) in [6.45, 7) is 6.19. The van der Waals surface area contributed by atoms with Gasteiger partial charge in [0.1, 0.15) is 23.7 Å². The molecule has 6 heteroatoms. The molecular formula is C25H31NO4S. The van der Waals surface area contributed by atoms with E-state index in [0.29, 0.717) is 18.9 Å². The monoisotopic (exact) mass is 441 g/mol. The van der Waals surface area contributed by atoms with E-state index < -0.39 is 11.7 Å². The minimum atomic E-state index is -0.478. The zero-order chi connectivity index (χ0) is 22.3. The highest BCUT2D eigenvalue weighted by molar-refractivity contribution is 7.99. The van der Waals surface area contributed by atoms with Gasteiger partial charge in [0, 0.05) is 6.42 Å². The minimum absolute atomic E-state index is 0.0625. The molecule has 3 rings (SSSR count). The maximum Gasteiger partial charge on any atom is 0.417 e. The predicted octanol–water partition coefficient (Wildman–Crippen LogP) is 5.72. The number of ketones is 1. The number of amides is 1. The second-order valence-electron chi connectivity index (χ2n) is 8.62. The first-order valence-corrected chi connectivity index (χ1v) is 11.6. The van der Waals surface area contributed by atoms with Gasteiger partial charge in [0.05, 0.1) is 5.25 Å². The fourth-order valence-corrected chi connectivity index (χ4v) is 4.30. The Bertz CT molecular complexity index is 880. The van der Waals surface area contributed by atoms with Crippen LogP contribution in [0, 0.1) is 5.92 Å². The van der Waals surface area contributed by atoms with Gasteiger partial charge < -0.3 is 9.47 Å². The van der Waals surface area contributed by atoms with E-state index in [1.807, 2.05) is 54.6 Å². The molecule has 0 heterocycles. The third kappa shape index (κ3) is 7.62. The summed E-state index contributed by atoms with van der Waals surface area (Å²) in [5.41, 5.74) is 1.72. The van der Waals surface area contributed by atoms with Crippen molar-refractivity contribution >= 4 is 23.8 Å². The molecule has 1 fully saturated rings. The summed E-state index contributed by atoms with van der Waals surface area (Å²) in [6, 6.07) is 18.0. The van der Waals surface area contributed by atoms with Gasteiger partial charge in [-0.2, -0.15) is 0 Å². The van der Waals surface area contributed by atoms with Crippen molar-refractivity contribution in [3.63, 3.8) is 0 Å². The molecule has 1 N–H and O–H groups in total. The Hall–Kier alpha value is -2.47. The number of nitrogens with one attached hydrogen (secondary N) is 1. The van der Waals surface area contributed by atoms with Crippen molar-refractivity contribution in [2.45, 2.75) is 63.9 Å². The lowest BCUT2D eigenvalue weighted by molar-refractivity contribution is -0.116. The SMILES string of the molecule is CC(=O)[C@H](CC(C)C)SNC(=O)OC1(Cc2cccc(OCc3ccccc3)c2)CC1. The third-order valence-electron chi connectivity index (χ3n) is 5.21. The Balaban J connectivity index is 1.50. The Morgan fingerprint density at radius 3 is 2.42 bits per heavy atom. The summed E-state index contributed by atoms with van der Waals surface area (Å²) in [5.74, 6) is 1.24. The molecule has 166 valence electrons. The van der Waals surface area contributed by atoms with Gasteiger partial charge in [0.2, 0.25) is 0 Å². The number of carbonyl (C=O) groups is 2. The van der Waals surface area contributed by atoms with Crippen LogP contribution < -0.4 is 9.46 Å². The molecule has 0 radical (unpaired) electrons. The maximum atomic E-state index is 12.3. The van der Waals surface area contributed by atoms with Crippen LogP contribution in [0.1, 0.15) is 51.2 Å². The van der Waals surface area contributed by atoms with Crippen LogP contribution in [0.2, 0.25) is 0 Å². The van der Waals surface area contributed by atoms with Crippen molar-refractivity contribution in [3.8, 4) is 5.75 Å². The Morgan fingerprint density at radius 2 is 1.77 bits per heavy atom. The van der Waals surface area contributed by atoms with Gasteiger partial charge in [-0.05, 0) is 67.3 Å². The van der Waals surface area contributed by atoms with E-state index in [-0.39, 0.29) is 11.0 Å². The number of carbonyl (C=O) groups excluding carboxylic acids is 2. The molecule has 5 nitrogen and oxygen atoms in total. The fraction of sp³-hybridized carbons (Fsp3) is 0.440. The number of hydrogen-bond donors (Lipinski definition) is 1. The van der Waals surface area contributed by atoms with Gasteiger partial charge in [0.25, 0.3) is 0 Å². The molecule has 0 unspecified atom stereocenters. The van der Waals surface area contributed by atoms with Gasteiger partial charge in [-0.15, -0.1) is 0 Å². The summed E-state index contributed by atoms with van der Waals surface area (Å²) in [6.07, 6.45) is 2.57. The van der Waals surface area contributed by atoms with Crippen molar-refractivity contribution in [2.24, 2.45) is 5.92 Å². The lowest BCUT2D eigenvalue weighted by atomic mass is 10.1. The first-order chi connectivity index (χ1) is 14.8. The second kappa shape index (κ2) is 10.7. The number of ether oxygens (including phenoxy) is 2. The minimum Gasteiger partial charge on any atom is -0.489 e. The Kier molecular flexibility index (Phi) is 8.02. The molecule has 31 heavy (non-hydrogen) atoms. The van der Waals surface area contributed by atoms with E-state index in [2.05, 4.69) is 18.6 Å². The molecule has 1 atom stereocenters. The number of Topliss-reactive ketones (excluding diaryl/α,β-unsaturated/α-hetero) is 1. The first-order valence-electron chi connectivity index (χ1n) is 10.8. The standard InChI is InChI=1S/C25H31NO4S/c1-18(2)14-23(19(3)27)31-26-24(28)30-25(12-13-25)16-21-10-7-11-22(15-21)29-17-20-8-5-4-6-9-20/h4-11,15,18,23H,12-14,16-17H2,1-3H3,(H,26,28)/t23-/m0/s1. The quantitative estimate of drug-likeness (QED) is 0.452. The molecule has 1 saturated carbocycles. The fourth-order valence-electron chi connectivity index (χ4n) is 3.37. The second-order valence-corrected chi connectivity index (χ2v) is 9.63. The van der Waals surface area contributed by atoms with Crippen molar-refractivity contribution in [3.05, 3.63) is 65.7 Å². The summed E-state index contributed by atoms with van der Waals surface area (Å²) >= 11 is 1.15. The highest BCUT2D eigenvalue weighted by Gasteiger charge is 2.47. The van der Waals surface area contributed by atoms with E-state index in [1.54, 1.807) is 6.92 Å². The van der Waals surface area contributed by atoms with Crippen LogP contribution in [0.3, 0.4) is 0 Å². The van der Waals surface area contributed by atoms with Gasteiger partial charge in [-0.25, -0.2) is 4.79 Å². The lowest BCUT2D eigenvalue weighted by Crippen LogP contribution is -2.30. The summed E-state index contributed by atoms with van der Waals surface area (Å²) < 4.78 is 14.4. The molecule has 2 aromatic rings. The van der Waals surface area contributed by atoms with Crippen molar-refractivity contribution in [1.29, 1.82) is 0 Å². The summed E-state index contributed by atoms with van der Waals surface area (Å²) in [7, 11) is 0. The number of rotatable bonds is 11. The van der Waals surface area contributed by atoms with E-state index in [0.717, 1.165) is 48.1 Å². The van der Waals surface area contributed by atoms with Crippen LogP contribution in [0.15, 0.2) is 54.6 Å². The first kappa shape index (κ1) is 23.2. The van der Waals surface area contributed by atoms with Gasteiger partial charge in [0.15, 0.2) is 0 Å². The largest absolute Gasteiger partial charge is 0.489 e. The van der Waals surface area contributed by atoms with Gasteiger partial charge >= 0.3 is 6.09 Å². The van der Waals surface area contributed by atoms with Crippen molar-refractivity contribution < 1.29 is 19.1 Å². The molecule has 1 aliphatic carbocycles. The molecule has 1 aliphatic rings. The zero-order valence-corrected chi connectivity index (χ0v) is 19.2. The van der Waals surface area contributed by atoms with Crippen molar-refractivity contribution in [2.75, 3.05) is 0 Å². The van der Waals surface area contributed by atoms with E-state index >= 15 is 0 Å². The Labute approximate surface area is 189 Å². The smallest absolute Gasteiger partial charge is 0.417 e. The molecule has 0 bridgehead atoms. The van der Waals surface area contributed by atoms with E-state index in [4.69, 9.17) is 9.47 Å². The summed E-state index contributed by atoms with van der Waals surface area (Å²) in [4.78, 5) is 24.1. The zero-order valence-electron chi connectivity index (χ0n) is 18.4. The highest BCUT2D eigenvalue weighted by Crippen LogP contribution is 2.43. The van der Waals surface area contributed by atoms with Crippen LogP contribution in [0.25, 0.3) is 0 Å². The Morgan fingerprint density at radius 1 is 1.06 bits per heavy atom. The molecule has 0 spiro atoms. The molecule has 1 amide bonds. The predicted molar refractivity (Wildman–Crippen MR) is 124 cm³/mol. The average Bonchev–Trinajstić information content (AvgIpc) is 3.48. The van der Waals surface area contributed by atoms with Crippen molar-refractivity contribution in [1.82, 2.24) is 4.72 Å². The molecule has 0 aliphatic heterocycles. The lowest BCUT2D eigenvalue weighted by Gasteiger charge is -2.19. The average molecular weight is 442 g/mol. The molecular weight excluding hydrogens is 410 g/mol. The topological polar surface area (TPSA) is 64.6 Å². The molecule has 0 saturated heterocycles. The van der Waals surface area contributed by atoms with Crippen LogP contribution >= 0.6 is 11.9 Å². The van der Waals surface area contributed by atoms with Crippen LogP contribution in [0.5, 0.6) is 5.75 Å². The maximum absolute atomic E-state index is 12.3. The number of benzene rings is 2.